The fourth-order valence-corrected chi connectivity index (χ4v) is 3.71. The van der Waals surface area contributed by atoms with Crippen molar-refractivity contribution in [2.45, 2.75) is 39.0 Å². The summed E-state index contributed by atoms with van der Waals surface area (Å²) in [5, 5.41) is 0.884. The molecule has 0 aliphatic carbocycles. The van der Waals surface area contributed by atoms with Gasteiger partial charge in [0.05, 0.1) is 4.91 Å². The molecule has 0 bridgehead atoms. The lowest BCUT2D eigenvalue weighted by Gasteiger charge is -2.27. The van der Waals surface area contributed by atoms with Gasteiger partial charge in [-0.05, 0) is 54.1 Å². The van der Waals surface area contributed by atoms with Crippen molar-refractivity contribution in [1.29, 1.82) is 0 Å². The summed E-state index contributed by atoms with van der Waals surface area (Å²) in [5.74, 6) is 0.428. The number of amidine groups is 1. The zero-order valence-corrected chi connectivity index (χ0v) is 14.0. The Morgan fingerprint density at radius 1 is 1.14 bits per heavy atom. The number of likely N-dealkylation sites (tertiary alicyclic amines) is 1. The van der Waals surface area contributed by atoms with Crippen molar-refractivity contribution in [3.05, 3.63) is 40.3 Å². The van der Waals surface area contributed by atoms with Crippen molar-refractivity contribution in [3.8, 4) is 0 Å². The predicted molar refractivity (Wildman–Crippen MR) is 94.0 cm³/mol. The number of aliphatic imine (C=N–C) groups is 1. The van der Waals surface area contributed by atoms with E-state index < -0.39 is 0 Å². The van der Waals surface area contributed by atoms with Crippen molar-refractivity contribution < 1.29 is 4.79 Å². The Bertz CT molecular complexity index is 610. The molecule has 2 aliphatic rings. The maximum atomic E-state index is 12.1. The van der Waals surface area contributed by atoms with Gasteiger partial charge in [0.15, 0.2) is 5.17 Å². The summed E-state index contributed by atoms with van der Waals surface area (Å²) in [7, 11) is 0. The second-order valence-corrected chi connectivity index (χ2v) is 7.19. The van der Waals surface area contributed by atoms with Crippen molar-refractivity contribution in [3.63, 3.8) is 0 Å². The largest absolute Gasteiger partial charge is 0.351 e. The summed E-state index contributed by atoms with van der Waals surface area (Å²) in [6.45, 7) is 6.41. The second kappa shape index (κ2) is 6.69. The number of rotatable bonds is 2. The van der Waals surface area contributed by atoms with Crippen LogP contribution in [0.1, 0.15) is 50.2 Å². The lowest BCUT2D eigenvalue weighted by Crippen LogP contribution is -2.33. The zero-order valence-electron chi connectivity index (χ0n) is 13.2. The maximum absolute atomic E-state index is 12.1. The van der Waals surface area contributed by atoms with Crippen LogP contribution in [-0.4, -0.2) is 29.1 Å². The van der Waals surface area contributed by atoms with Gasteiger partial charge >= 0.3 is 0 Å². The van der Waals surface area contributed by atoms with E-state index in [9.17, 15) is 4.79 Å². The van der Waals surface area contributed by atoms with E-state index in [0.29, 0.717) is 5.92 Å². The number of benzene rings is 1. The van der Waals surface area contributed by atoms with Crippen LogP contribution in [0.25, 0.3) is 6.08 Å². The highest BCUT2D eigenvalue weighted by Crippen LogP contribution is 2.31. The molecule has 4 heteroatoms. The van der Waals surface area contributed by atoms with Crippen LogP contribution in [0.5, 0.6) is 0 Å². The van der Waals surface area contributed by atoms with Crippen LogP contribution in [0, 0.1) is 0 Å². The Morgan fingerprint density at radius 3 is 2.45 bits per heavy atom. The van der Waals surface area contributed by atoms with Gasteiger partial charge in [-0.2, -0.15) is 4.99 Å². The molecular formula is C18H22N2OS. The first kappa shape index (κ1) is 15.3. The quantitative estimate of drug-likeness (QED) is 0.764. The van der Waals surface area contributed by atoms with E-state index in [4.69, 9.17) is 0 Å². The van der Waals surface area contributed by atoms with Gasteiger partial charge in [-0.1, -0.05) is 38.1 Å². The number of hydrogen-bond acceptors (Lipinski definition) is 3. The topological polar surface area (TPSA) is 32.7 Å². The van der Waals surface area contributed by atoms with Gasteiger partial charge in [0.1, 0.15) is 0 Å². The molecule has 1 amide bonds. The Kier molecular flexibility index (Phi) is 4.67. The summed E-state index contributed by atoms with van der Waals surface area (Å²) in [6.07, 6.45) is 5.64. The van der Waals surface area contributed by atoms with Gasteiger partial charge in [-0.15, -0.1) is 0 Å². The lowest BCUT2D eigenvalue weighted by molar-refractivity contribution is -0.113. The second-order valence-electron chi connectivity index (χ2n) is 6.18. The van der Waals surface area contributed by atoms with Crippen LogP contribution < -0.4 is 0 Å². The van der Waals surface area contributed by atoms with Gasteiger partial charge in [0, 0.05) is 13.1 Å². The van der Waals surface area contributed by atoms with Crippen LogP contribution in [0.3, 0.4) is 0 Å². The molecule has 0 saturated carbocycles. The molecule has 0 radical (unpaired) electrons. The van der Waals surface area contributed by atoms with Gasteiger partial charge in [-0.25, -0.2) is 0 Å². The first-order chi connectivity index (χ1) is 10.6. The first-order valence-electron chi connectivity index (χ1n) is 8.01. The van der Waals surface area contributed by atoms with E-state index in [1.54, 1.807) is 0 Å². The van der Waals surface area contributed by atoms with Gasteiger partial charge in [0.25, 0.3) is 5.91 Å². The molecule has 0 spiro atoms. The summed E-state index contributed by atoms with van der Waals surface area (Å²) in [4.78, 5) is 19.3. The van der Waals surface area contributed by atoms with Gasteiger partial charge in [0.2, 0.25) is 0 Å². The van der Waals surface area contributed by atoms with Gasteiger partial charge < -0.3 is 4.90 Å². The zero-order chi connectivity index (χ0) is 15.5. The third kappa shape index (κ3) is 3.43. The average Bonchev–Trinajstić information content (AvgIpc) is 2.90. The van der Waals surface area contributed by atoms with Crippen LogP contribution in [0.15, 0.2) is 34.2 Å². The van der Waals surface area contributed by atoms with Crippen molar-refractivity contribution >= 4 is 28.9 Å². The van der Waals surface area contributed by atoms with E-state index >= 15 is 0 Å². The molecule has 0 aromatic heterocycles. The fourth-order valence-electron chi connectivity index (χ4n) is 2.75. The minimum atomic E-state index is -0.0986. The van der Waals surface area contributed by atoms with Crippen LogP contribution in [0.4, 0.5) is 0 Å². The number of carbonyl (C=O) groups is 1. The molecule has 1 aromatic rings. The number of hydrogen-bond donors (Lipinski definition) is 0. The van der Waals surface area contributed by atoms with Crippen LogP contribution in [0.2, 0.25) is 0 Å². The van der Waals surface area contributed by atoms with Crippen molar-refractivity contribution in [2.24, 2.45) is 4.99 Å². The molecular weight excluding hydrogens is 292 g/mol. The molecule has 1 saturated heterocycles. The fraction of sp³-hybridized carbons (Fsp3) is 0.444. The highest BCUT2D eigenvalue weighted by molar-refractivity contribution is 8.18. The summed E-state index contributed by atoms with van der Waals surface area (Å²) >= 11 is 1.52. The third-order valence-corrected chi connectivity index (χ3v) is 5.18. The summed E-state index contributed by atoms with van der Waals surface area (Å²) < 4.78 is 0. The highest BCUT2D eigenvalue weighted by Gasteiger charge is 2.26. The Morgan fingerprint density at radius 2 is 1.82 bits per heavy atom. The molecule has 3 rings (SSSR count). The Hall–Kier alpha value is -1.55. The van der Waals surface area contributed by atoms with Crippen LogP contribution in [-0.2, 0) is 4.79 Å². The monoisotopic (exact) mass is 314 g/mol. The summed E-state index contributed by atoms with van der Waals surface area (Å²) in [5.41, 5.74) is 2.38. The smallest absolute Gasteiger partial charge is 0.286 e. The minimum absolute atomic E-state index is 0.0986. The number of nitrogens with zero attached hydrogens (tertiary/aromatic N) is 2. The SMILES string of the molecule is CC(C)c1ccc(/C=C2/SC(N3CCCCC3)=NC2=O)cc1. The molecule has 2 heterocycles. The first-order valence-corrected chi connectivity index (χ1v) is 8.82. The number of thioether (sulfide) groups is 1. The highest BCUT2D eigenvalue weighted by atomic mass is 32.2. The van der Waals surface area contributed by atoms with E-state index in [2.05, 4.69) is 48.0 Å². The third-order valence-electron chi connectivity index (χ3n) is 4.14. The molecule has 2 aliphatic heterocycles. The maximum Gasteiger partial charge on any atom is 0.286 e. The van der Waals surface area contributed by atoms with Crippen molar-refractivity contribution in [2.75, 3.05) is 13.1 Å². The van der Waals surface area contributed by atoms with Crippen LogP contribution >= 0.6 is 11.8 Å². The normalized spacial score (nSPS) is 20.9. The van der Waals surface area contributed by atoms with E-state index in [1.807, 2.05) is 6.08 Å². The Balaban J connectivity index is 1.71. The molecule has 22 heavy (non-hydrogen) atoms. The molecule has 1 fully saturated rings. The molecule has 3 nitrogen and oxygen atoms in total. The minimum Gasteiger partial charge on any atom is -0.351 e. The Labute approximate surface area is 136 Å². The molecule has 1 aromatic carbocycles. The number of piperidine rings is 1. The average molecular weight is 314 g/mol. The molecule has 0 unspecified atom stereocenters. The van der Waals surface area contributed by atoms with E-state index in [0.717, 1.165) is 28.7 Å². The van der Waals surface area contributed by atoms with E-state index in [-0.39, 0.29) is 5.91 Å². The molecule has 116 valence electrons. The van der Waals surface area contributed by atoms with Crippen molar-refractivity contribution in [1.82, 2.24) is 4.90 Å². The van der Waals surface area contributed by atoms with E-state index in [1.165, 1.54) is 36.6 Å². The summed E-state index contributed by atoms with van der Waals surface area (Å²) in [6, 6.07) is 8.42. The van der Waals surface area contributed by atoms with Gasteiger partial charge in [-0.3, -0.25) is 4.79 Å². The number of carbonyl (C=O) groups excluding carboxylic acids is 1. The molecule has 0 N–H and O–H groups in total. The standard InChI is InChI=1S/C18H22N2OS/c1-13(2)15-8-6-14(7-9-15)12-16-17(21)19-18(22-16)20-10-4-3-5-11-20/h6-9,12-13H,3-5,10-11H2,1-2H3/b16-12+. The number of amides is 1. The lowest BCUT2D eigenvalue weighted by atomic mass is 10.0. The predicted octanol–water partition coefficient (Wildman–Crippen LogP) is 4.27. The molecule has 0 atom stereocenters.